The van der Waals surface area contributed by atoms with Crippen molar-refractivity contribution in [2.75, 3.05) is 30.9 Å². The topological polar surface area (TPSA) is 69.6 Å². The Kier molecular flexibility index (Phi) is 6.65. The van der Waals surface area contributed by atoms with Gasteiger partial charge in [0.25, 0.3) is 0 Å². The maximum Gasteiger partial charge on any atom is 0.250 e. The number of nitrogens with zero attached hydrogens (tertiary/aromatic N) is 1. The first-order valence-corrected chi connectivity index (χ1v) is 9.84. The highest BCUT2D eigenvalue weighted by molar-refractivity contribution is 5.82. The monoisotopic (exact) mass is 402 g/mol. The second-order valence-corrected chi connectivity index (χ2v) is 7.46. The Balaban J connectivity index is 1.66. The molecule has 5 heteroatoms. The van der Waals surface area contributed by atoms with Crippen LogP contribution in [0.1, 0.15) is 18.1 Å². The Bertz CT molecular complexity index is 1120. The fourth-order valence-corrected chi connectivity index (χ4v) is 3.06. The van der Waals surface area contributed by atoms with E-state index in [-0.39, 0.29) is 12.2 Å². The Hall–Kier alpha value is -3.44. The van der Waals surface area contributed by atoms with Crippen LogP contribution in [0.25, 0.3) is 23.3 Å². The third-order valence-electron chi connectivity index (χ3n) is 4.78. The normalized spacial score (nSPS) is 12.7. The molecule has 0 aromatic heterocycles. The van der Waals surface area contributed by atoms with Crippen molar-refractivity contribution in [3.8, 4) is 11.1 Å². The predicted octanol–water partition coefficient (Wildman–Crippen LogP) is 3.53. The van der Waals surface area contributed by atoms with E-state index in [4.69, 9.17) is 0 Å². The van der Waals surface area contributed by atoms with E-state index in [1.54, 1.807) is 6.92 Å². The van der Waals surface area contributed by atoms with Crippen LogP contribution in [0.4, 0.5) is 11.4 Å². The first kappa shape index (κ1) is 21.3. The fourth-order valence-electron chi connectivity index (χ4n) is 3.06. The summed E-state index contributed by atoms with van der Waals surface area (Å²) in [5.74, 6) is 0. The zero-order chi connectivity index (χ0) is 21.7. The van der Waals surface area contributed by atoms with Gasteiger partial charge >= 0.3 is 0 Å². The Labute approximate surface area is 176 Å². The maximum atomic E-state index is 12.0. The lowest BCUT2D eigenvalue weighted by Crippen LogP contribution is -2.37. The number of anilines is 2. The van der Waals surface area contributed by atoms with Gasteiger partial charge in [-0.15, -0.1) is 0 Å². The van der Waals surface area contributed by atoms with Gasteiger partial charge in [-0.2, -0.15) is 0 Å². The Morgan fingerprint density at radius 1 is 0.900 bits per heavy atom. The van der Waals surface area contributed by atoms with E-state index in [0.717, 1.165) is 16.8 Å². The molecule has 0 aliphatic rings. The summed E-state index contributed by atoms with van der Waals surface area (Å²) in [6, 6.07) is 15.8. The Morgan fingerprint density at radius 3 is 1.93 bits per heavy atom. The van der Waals surface area contributed by atoms with Gasteiger partial charge in [0.15, 0.2) is 0 Å². The van der Waals surface area contributed by atoms with Gasteiger partial charge in [0.2, 0.25) is 10.9 Å². The van der Waals surface area contributed by atoms with Crippen LogP contribution in [0, 0.1) is 0 Å². The molecule has 0 aliphatic heterocycles. The minimum Gasteiger partial charge on any atom is -0.392 e. The molecule has 1 atom stereocenters. The van der Waals surface area contributed by atoms with Gasteiger partial charge in [0.1, 0.15) is 0 Å². The van der Waals surface area contributed by atoms with Crippen molar-refractivity contribution in [2.24, 2.45) is 0 Å². The van der Waals surface area contributed by atoms with Crippen LogP contribution >= 0.6 is 0 Å². The number of benzene rings is 2. The van der Waals surface area contributed by atoms with Crippen molar-refractivity contribution in [1.82, 2.24) is 0 Å². The van der Waals surface area contributed by atoms with Gasteiger partial charge < -0.3 is 15.3 Å². The summed E-state index contributed by atoms with van der Waals surface area (Å²) in [6.07, 6.45) is 7.35. The number of hydrogen-bond acceptors (Lipinski definition) is 5. The third-order valence-corrected chi connectivity index (χ3v) is 4.78. The van der Waals surface area contributed by atoms with Crippen molar-refractivity contribution in [3.05, 3.63) is 92.3 Å². The average molecular weight is 402 g/mol. The molecular weight excluding hydrogens is 376 g/mol. The van der Waals surface area contributed by atoms with Gasteiger partial charge in [-0.3, -0.25) is 9.59 Å². The highest BCUT2D eigenvalue weighted by Gasteiger charge is 2.22. The zero-order valence-electron chi connectivity index (χ0n) is 17.4. The molecule has 5 nitrogen and oxygen atoms in total. The van der Waals surface area contributed by atoms with Gasteiger partial charge in [-0.1, -0.05) is 60.7 Å². The SMILES string of the molecule is CC(O)CNc1c(-c2ccc(/C=C/C=C/c3ccc(N(C)C)cc3)cc2)c(=O)c1=O. The second kappa shape index (κ2) is 9.37. The summed E-state index contributed by atoms with van der Waals surface area (Å²) >= 11 is 0. The van der Waals surface area contributed by atoms with Gasteiger partial charge in [-0.25, -0.2) is 0 Å². The van der Waals surface area contributed by atoms with Crippen molar-refractivity contribution < 1.29 is 5.11 Å². The molecule has 0 amide bonds. The summed E-state index contributed by atoms with van der Waals surface area (Å²) < 4.78 is 0. The van der Waals surface area contributed by atoms with Crippen molar-refractivity contribution in [1.29, 1.82) is 0 Å². The molecule has 30 heavy (non-hydrogen) atoms. The number of rotatable bonds is 8. The molecule has 0 aliphatic carbocycles. The zero-order valence-corrected chi connectivity index (χ0v) is 17.4. The van der Waals surface area contributed by atoms with Crippen LogP contribution in [0.5, 0.6) is 0 Å². The van der Waals surface area contributed by atoms with Gasteiger partial charge in [0, 0.05) is 26.3 Å². The highest BCUT2D eigenvalue weighted by Crippen LogP contribution is 2.24. The molecule has 0 radical (unpaired) electrons. The standard InChI is InChI=1S/C25H26N2O3/c1-17(28)16-26-23-22(24(29)25(23)30)20-12-8-18(9-13-20)6-4-5-7-19-10-14-21(15-11-19)27(2)3/h4-15,17,26,28H,16H2,1-3H3/b6-4+,7-5+. The molecule has 3 aromatic carbocycles. The molecule has 0 fully saturated rings. The van der Waals surface area contributed by atoms with E-state index in [9.17, 15) is 14.7 Å². The first-order chi connectivity index (χ1) is 14.4. The lowest BCUT2D eigenvalue weighted by atomic mass is 9.97. The van der Waals surface area contributed by atoms with E-state index < -0.39 is 17.0 Å². The molecular formula is C25H26N2O3. The summed E-state index contributed by atoms with van der Waals surface area (Å²) in [6.45, 7) is 1.84. The van der Waals surface area contributed by atoms with E-state index in [1.165, 1.54) is 0 Å². The number of aliphatic hydroxyl groups excluding tert-OH is 1. The minimum absolute atomic E-state index is 0.225. The van der Waals surface area contributed by atoms with E-state index in [0.29, 0.717) is 11.1 Å². The number of hydrogen-bond donors (Lipinski definition) is 2. The molecule has 0 spiro atoms. The largest absolute Gasteiger partial charge is 0.392 e. The fraction of sp³-hybridized carbons (Fsp3) is 0.200. The molecule has 0 saturated carbocycles. The molecule has 0 bridgehead atoms. The van der Waals surface area contributed by atoms with Crippen LogP contribution in [-0.2, 0) is 0 Å². The van der Waals surface area contributed by atoms with Crippen LogP contribution in [0.3, 0.4) is 0 Å². The third kappa shape index (κ3) is 4.93. The van der Waals surface area contributed by atoms with Crippen LogP contribution in [-0.4, -0.2) is 31.9 Å². The molecule has 0 heterocycles. The van der Waals surface area contributed by atoms with Crippen LogP contribution < -0.4 is 21.1 Å². The van der Waals surface area contributed by atoms with E-state index in [2.05, 4.69) is 34.5 Å². The molecule has 154 valence electrons. The highest BCUT2D eigenvalue weighted by atomic mass is 16.3. The number of nitrogens with one attached hydrogen (secondary N) is 1. The summed E-state index contributed by atoms with van der Waals surface area (Å²) in [7, 11) is 4.03. The van der Waals surface area contributed by atoms with Gasteiger partial charge in [-0.05, 0) is 35.7 Å². The molecule has 0 saturated heterocycles. The lowest BCUT2D eigenvalue weighted by Gasteiger charge is -2.14. The van der Waals surface area contributed by atoms with Gasteiger partial charge in [0.05, 0.1) is 17.4 Å². The maximum absolute atomic E-state index is 12.0. The van der Waals surface area contributed by atoms with Crippen molar-refractivity contribution in [2.45, 2.75) is 13.0 Å². The smallest absolute Gasteiger partial charge is 0.250 e. The molecule has 3 rings (SSSR count). The number of allylic oxidation sites excluding steroid dienone is 2. The molecule has 2 N–H and O–H groups in total. The van der Waals surface area contributed by atoms with Crippen molar-refractivity contribution in [3.63, 3.8) is 0 Å². The number of aliphatic hydroxyl groups is 1. The second-order valence-electron chi connectivity index (χ2n) is 7.46. The molecule has 3 aromatic rings. The summed E-state index contributed by atoms with van der Waals surface area (Å²) in [5.41, 5.74) is 3.62. The lowest BCUT2D eigenvalue weighted by molar-refractivity contribution is 0.208. The first-order valence-electron chi connectivity index (χ1n) is 9.84. The predicted molar refractivity (Wildman–Crippen MR) is 126 cm³/mol. The molecule has 1 unspecified atom stereocenters. The van der Waals surface area contributed by atoms with Crippen molar-refractivity contribution >= 4 is 23.5 Å². The Morgan fingerprint density at radius 2 is 1.43 bits per heavy atom. The van der Waals surface area contributed by atoms with E-state index >= 15 is 0 Å². The summed E-state index contributed by atoms with van der Waals surface area (Å²) in [4.78, 5) is 25.8. The van der Waals surface area contributed by atoms with Crippen LogP contribution in [0.15, 0.2) is 70.3 Å². The quantitative estimate of drug-likeness (QED) is 0.446. The summed E-state index contributed by atoms with van der Waals surface area (Å²) in [5, 5.41) is 12.2. The minimum atomic E-state index is -0.603. The van der Waals surface area contributed by atoms with E-state index in [1.807, 2.05) is 62.7 Å². The average Bonchev–Trinajstić information content (AvgIpc) is 2.74. The van der Waals surface area contributed by atoms with Crippen LogP contribution in [0.2, 0.25) is 0 Å².